The van der Waals surface area contributed by atoms with E-state index in [1.165, 1.54) is 40.7 Å². The Bertz CT molecular complexity index is 1140. The smallest absolute Gasteiger partial charge is 0.241 e. The number of amides is 1. The van der Waals surface area contributed by atoms with Gasteiger partial charge >= 0.3 is 0 Å². The molecule has 2 aliphatic heterocycles. The number of aromatic nitrogens is 1. The number of aryl methyl sites for hydroxylation is 1. The molecule has 0 radical (unpaired) electrons. The van der Waals surface area contributed by atoms with Crippen molar-refractivity contribution in [3.63, 3.8) is 0 Å². The fourth-order valence-corrected chi connectivity index (χ4v) is 5.21. The van der Waals surface area contributed by atoms with Crippen LogP contribution in [0.3, 0.4) is 0 Å². The minimum Gasteiger partial charge on any atom is -0.347 e. The molecule has 1 amide bonds. The monoisotopic (exact) mass is 434 g/mol. The predicted molar refractivity (Wildman–Crippen MR) is 126 cm³/mol. The SMILES string of the molecule is CN1CCCc2c(c3ccc(N4CCN(CCc5ccc(F)cc5)CC4=O)cc3n2C)C1. The molecule has 0 saturated carbocycles. The average molecular weight is 435 g/mol. The Balaban J connectivity index is 1.30. The number of rotatable bonds is 4. The molecule has 0 N–H and O–H groups in total. The van der Waals surface area contributed by atoms with Crippen molar-refractivity contribution >= 4 is 22.5 Å². The topological polar surface area (TPSA) is 31.7 Å². The summed E-state index contributed by atoms with van der Waals surface area (Å²) in [4.78, 5) is 19.5. The van der Waals surface area contributed by atoms with Crippen molar-refractivity contribution in [1.29, 1.82) is 0 Å². The molecule has 5 rings (SSSR count). The van der Waals surface area contributed by atoms with Crippen molar-refractivity contribution in [1.82, 2.24) is 14.4 Å². The van der Waals surface area contributed by atoms with E-state index in [-0.39, 0.29) is 11.7 Å². The molecule has 3 heterocycles. The first-order chi connectivity index (χ1) is 15.5. The minimum absolute atomic E-state index is 0.144. The number of piperazine rings is 1. The van der Waals surface area contributed by atoms with Crippen LogP contribution in [0.25, 0.3) is 10.9 Å². The first-order valence-corrected chi connectivity index (χ1v) is 11.6. The zero-order chi connectivity index (χ0) is 22.2. The van der Waals surface area contributed by atoms with E-state index in [0.717, 1.165) is 50.3 Å². The third-order valence-corrected chi connectivity index (χ3v) is 7.04. The van der Waals surface area contributed by atoms with E-state index in [2.05, 4.69) is 46.7 Å². The summed E-state index contributed by atoms with van der Waals surface area (Å²) in [6, 6.07) is 13.1. The molecule has 3 aromatic rings. The van der Waals surface area contributed by atoms with Gasteiger partial charge in [-0.2, -0.15) is 0 Å². The maximum atomic E-state index is 13.1. The summed E-state index contributed by atoms with van der Waals surface area (Å²) in [5.41, 5.74) is 6.17. The summed E-state index contributed by atoms with van der Waals surface area (Å²) in [6.45, 7) is 4.89. The lowest BCUT2D eigenvalue weighted by Crippen LogP contribution is -2.50. The molecular weight excluding hydrogens is 403 g/mol. The average Bonchev–Trinajstić information content (AvgIpc) is 2.92. The summed E-state index contributed by atoms with van der Waals surface area (Å²) in [5, 5.41) is 1.31. The van der Waals surface area contributed by atoms with Gasteiger partial charge in [-0.3, -0.25) is 9.69 Å². The first kappa shape index (κ1) is 21.2. The van der Waals surface area contributed by atoms with Crippen LogP contribution in [0, 0.1) is 5.82 Å². The van der Waals surface area contributed by atoms with Crippen LogP contribution >= 0.6 is 0 Å². The van der Waals surface area contributed by atoms with Crippen molar-refractivity contribution in [2.45, 2.75) is 25.8 Å². The van der Waals surface area contributed by atoms with E-state index in [9.17, 15) is 9.18 Å². The Labute approximate surface area is 189 Å². The maximum absolute atomic E-state index is 13.1. The van der Waals surface area contributed by atoms with E-state index in [4.69, 9.17) is 0 Å². The molecule has 0 spiro atoms. The van der Waals surface area contributed by atoms with E-state index in [1.54, 1.807) is 0 Å². The number of hydrogen-bond acceptors (Lipinski definition) is 3. The summed E-state index contributed by atoms with van der Waals surface area (Å²) >= 11 is 0. The first-order valence-electron chi connectivity index (χ1n) is 11.6. The number of nitrogens with zero attached hydrogens (tertiary/aromatic N) is 4. The Morgan fingerprint density at radius 2 is 1.78 bits per heavy atom. The van der Waals surface area contributed by atoms with Gasteiger partial charge in [0.15, 0.2) is 0 Å². The summed E-state index contributed by atoms with van der Waals surface area (Å²) in [7, 11) is 4.35. The molecule has 6 heteroatoms. The molecule has 0 unspecified atom stereocenters. The molecule has 0 aliphatic carbocycles. The van der Waals surface area contributed by atoms with E-state index >= 15 is 0 Å². The number of fused-ring (bicyclic) bond motifs is 3. The highest BCUT2D eigenvalue weighted by Gasteiger charge is 2.26. The normalized spacial score (nSPS) is 18.2. The lowest BCUT2D eigenvalue weighted by molar-refractivity contribution is -0.121. The van der Waals surface area contributed by atoms with Crippen molar-refractivity contribution in [3.05, 3.63) is 65.1 Å². The van der Waals surface area contributed by atoms with Crippen molar-refractivity contribution in [2.75, 3.05) is 44.7 Å². The van der Waals surface area contributed by atoms with E-state index in [0.29, 0.717) is 13.1 Å². The van der Waals surface area contributed by atoms with Crippen LogP contribution in [-0.2, 0) is 31.2 Å². The molecule has 0 bridgehead atoms. The summed E-state index contributed by atoms with van der Waals surface area (Å²) in [6.07, 6.45) is 3.10. The van der Waals surface area contributed by atoms with Crippen LogP contribution < -0.4 is 4.90 Å². The zero-order valence-corrected chi connectivity index (χ0v) is 19.0. The predicted octanol–water partition coefficient (Wildman–Crippen LogP) is 3.59. The number of anilines is 1. The summed E-state index contributed by atoms with van der Waals surface area (Å²) < 4.78 is 15.4. The third-order valence-electron chi connectivity index (χ3n) is 7.04. The van der Waals surface area contributed by atoms with Gasteiger partial charge in [-0.05, 0) is 68.2 Å². The van der Waals surface area contributed by atoms with Gasteiger partial charge in [-0.25, -0.2) is 4.39 Å². The lowest BCUT2D eigenvalue weighted by Gasteiger charge is -2.34. The molecular formula is C26H31FN4O. The van der Waals surface area contributed by atoms with Crippen LogP contribution in [0.15, 0.2) is 42.5 Å². The van der Waals surface area contributed by atoms with Crippen molar-refractivity contribution < 1.29 is 9.18 Å². The van der Waals surface area contributed by atoms with Crippen molar-refractivity contribution in [2.24, 2.45) is 7.05 Å². The highest BCUT2D eigenvalue weighted by molar-refractivity contribution is 5.98. The highest BCUT2D eigenvalue weighted by Crippen LogP contribution is 2.32. The third kappa shape index (κ3) is 4.05. The van der Waals surface area contributed by atoms with Gasteiger partial charge < -0.3 is 14.4 Å². The molecule has 5 nitrogen and oxygen atoms in total. The molecule has 2 aliphatic rings. The fraction of sp³-hybridized carbons (Fsp3) is 0.423. The molecule has 1 fully saturated rings. The number of benzene rings is 2. The molecule has 1 saturated heterocycles. The highest BCUT2D eigenvalue weighted by atomic mass is 19.1. The van der Waals surface area contributed by atoms with Crippen LogP contribution in [0.2, 0.25) is 0 Å². The van der Waals surface area contributed by atoms with Crippen LogP contribution in [0.1, 0.15) is 23.2 Å². The lowest BCUT2D eigenvalue weighted by atomic mass is 10.1. The zero-order valence-electron chi connectivity index (χ0n) is 19.0. The number of carbonyl (C=O) groups is 1. The number of hydrogen-bond donors (Lipinski definition) is 0. The number of halogens is 1. The van der Waals surface area contributed by atoms with E-state index in [1.807, 2.05) is 17.0 Å². The minimum atomic E-state index is -0.212. The van der Waals surface area contributed by atoms with Gasteiger partial charge in [-0.1, -0.05) is 18.2 Å². The number of carbonyl (C=O) groups excluding carboxylic acids is 1. The second-order valence-corrected chi connectivity index (χ2v) is 9.23. The molecule has 2 aromatic carbocycles. The largest absolute Gasteiger partial charge is 0.347 e. The summed E-state index contributed by atoms with van der Waals surface area (Å²) in [5.74, 6) is -0.0682. The standard InChI is InChI=1S/C26H31FN4O/c1-28-12-3-4-24-23(17-28)22-10-9-21(16-25(22)29(24)2)31-15-14-30(18-26(31)32)13-11-19-5-7-20(27)8-6-19/h5-10,16H,3-4,11-15,17-18H2,1-2H3. The van der Waals surface area contributed by atoms with Gasteiger partial charge in [0.25, 0.3) is 0 Å². The van der Waals surface area contributed by atoms with Gasteiger partial charge in [-0.15, -0.1) is 0 Å². The van der Waals surface area contributed by atoms with Gasteiger partial charge in [0.2, 0.25) is 5.91 Å². The van der Waals surface area contributed by atoms with E-state index < -0.39 is 0 Å². The second kappa shape index (κ2) is 8.68. The Morgan fingerprint density at radius 3 is 2.56 bits per heavy atom. The van der Waals surface area contributed by atoms with Crippen LogP contribution in [0.4, 0.5) is 10.1 Å². The van der Waals surface area contributed by atoms with Crippen molar-refractivity contribution in [3.8, 4) is 0 Å². The molecule has 168 valence electrons. The van der Waals surface area contributed by atoms with Gasteiger partial charge in [0.05, 0.1) is 12.1 Å². The second-order valence-electron chi connectivity index (χ2n) is 9.23. The fourth-order valence-electron chi connectivity index (χ4n) is 5.21. The molecule has 1 aromatic heterocycles. The van der Waals surface area contributed by atoms with Gasteiger partial charge in [0.1, 0.15) is 5.82 Å². The maximum Gasteiger partial charge on any atom is 0.241 e. The Morgan fingerprint density at radius 1 is 0.969 bits per heavy atom. The van der Waals surface area contributed by atoms with Crippen LogP contribution in [-0.4, -0.2) is 60.0 Å². The Kier molecular flexibility index (Phi) is 5.74. The molecule has 0 atom stereocenters. The Hall–Kier alpha value is -2.70. The molecule has 32 heavy (non-hydrogen) atoms. The van der Waals surface area contributed by atoms with Crippen LogP contribution in [0.5, 0.6) is 0 Å². The van der Waals surface area contributed by atoms with Gasteiger partial charge in [0, 0.05) is 50.0 Å². The quantitative estimate of drug-likeness (QED) is 0.629.